The molecule has 0 saturated carbocycles. The fourth-order valence-electron chi connectivity index (χ4n) is 3.77. The van der Waals surface area contributed by atoms with E-state index in [9.17, 15) is 19.5 Å². The van der Waals surface area contributed by atoms with E-state index in [0.717, 1.165) is 0 Å². The molecule has 0 spiro atoms. The highest BCUT2D eigenvalue weighted by Crippen LogP contribution is 2.40. The van der Waals surface area contributed by atoms with Gasteiger partial charge in [-0.15, -0.1) is 0 Å². The Morgan fingerprint density at radius 1 is 1.06 bits per heavy atom. The first-order valence-corrected chi connectivity index (χ1v) is 10.6. The number of carbonyl (C=O) groups excluding carboxylic acids is 2. The second-order valence-electron chi connectivity index (χ2n) is 7.48. The standard InChI is InChI=1S/C24H24ClNO6/c1-32-18-7-5-6-16(14-18)21-20(22(29)15-9-11-17(25)12-10-15)23(30)24(31)26(21)13-4-2-3-8-19(27)28/h5-7,9-12,14,21,29H,2-4,8,13H2,1H3,(H,27,28)/b22-20+. The Bertz CT molecular complexity index is 1050. The van der Waals surface area contributed by atoms with E-state index < -0.39 is 23.7 Å². The number of unbranched alkanes of at least 4 members (excludes halogenated alkanes) is 2. The predicted molar refractivity (Wildman–Crippen MR) is 120 cm³/mol. The van der Waals surface area contributed by atoms with E-state index in [-0.39, 0.29) is 24.3 Å². The first kappa shape index (κ1) is 23.3. The number of ether oxygens (including phenoxy) is 1. The van der Waals surface area contributed by atoms with Crippen molar-refractivity contribution in [2.45, 2.75) is 31.7 Å². The predicted octanol–water partition coefficient (Wildman–Crippen LogP) is 4.42. The van der Waals surface area contributed by atoms with E-state index in [2.05, 4.69) is 0 Å². The van der Waals surface area contributed by atoms with Crippen LogP contribution in [0.3, 0.4) is 0 Å². The van der Waals surface area contributed by atoms with Crippen LogP contribution < -0.4 is 4.74 Å². The van der Waals surface area contributed by atoms with Crippen LogP contribution in [0.25, 0.3) is 5.76 Å². The molecular weight excluding hydrogens is 434 g/mol. The maximum Gasteiger partial charge on any atom is 0.303 e. The Hall–Kier alpha value is -3.32. The quantitative estimate of drug-likeness (QED) is 0.250. The number of halogens is 1. The number of hydrogen-bond acceptors (Lipinski definition) is 5. The molecule has 1 unspecified atom stereocenters. The maximum atomic E-state index is 13.0. The van der Waals surface area contributed by atoms with Gasteiger partial charge in [0.2, 0.25) is 0 Å². The summed E-state index contributed by atoms with van der Waals surface area (Å²) >= 11 is 5.93. The number of aliphatic hydroxyl groups is 1. The molecule has 168 valence electrons. The monoisotopic (exact) mass is 457 g/mol. The second-order valence-corrected chi connectivity index (χ2v) is 7.92. The number of carbonyl (C=O) groups is 3. The van der Waals surface area contributed by atoms with Gasteiger partial charge in [0.25, 0.3) is 11.7 Å². The summed E-state index contributed by atoms with van der Waals surface area (Å²) < 4.78 is 5.30. The lowest BCUT2D eigenvalue weighted by Gasteiger charge is -2.25. The Morgan fingerprint density at radius 2 is 1.78 bits per heavy atom. The molecule has 8 heteroatoms. The van der Waals surface area contributed by atoms with Crippen LogP contribution in [0.15, 0.2) is 54.1 Å². The van der Waals surface area contributed by atoms with Crippen LogP contribution in [0.1, 0.15) is 42.9 Å². The molecule has 1 heterocycles. The molecule has 1 saturated heterocycles. The minimum atomic E-state index is -0.871. The molecule has 0 bridgehead atoms. The number of aliphatic carboxylic acids is 1. The number of ketones is 1. The van der Waals surface area contributed by atoms with E-state index in [1.54, 1.807) is 48.5 Å². The van der Waals surface area contributed by atoms with E-state index in [1.807, 2.05) is 0 Å². The Kier molecular flexibility index (Phi) is 7.53. The van der Waals surface area contributed by atoms with Crippen molar-refractivity contribution < 1.29 is 29.3 Å². The third-order valence-corrected chi connectivity index (χ3v) is 5.61. The summed E-state index contributed by atoms with van der Waals surface area (Å²) in [5.41, 5.74) is 1.00. The van der Waals surface area contributed by atoms with Gasteiger partial charge >= 0.3 is 5.97 Å². The minimum Gasteiger partial charge on any atom is -0.507 e. The molecule has 2 aromatic rings. The van der Waals surface area contributed by atoms with Crippen molar-refractivity contribution in [3.05, 3.63) is 70.3 Å². The van der Waals surface area contributed by atoms with Gasteiger partial charge < -0.3 is 19.8 Å². The normalized spacial score (nSPS) is 17.6. The van der Waals surface area contributed by atoms with Gasteiger partial charge in [-0.05, 0) is 54.8 Å². The molecule has 1 fully saturated rings. The molecule has 1 amide bonds. The number of carboxylic acids is 1. The zero-order valence-corrected chi connectivity index (χ0v) is 18.3. The third kappa shape index (κ3) is 5.11. The summed E-state index contributed by atoms with van der Waals surface area (Å²) in [7, 11) is 1.52. The molecule has 2 aromatic carbocycles. The lowest BCUT2D eigenvalue weighted by Crippen LogP contribution is -2.30. The Balaban J connectivity index is 1.99. The first-order valence-electron chi connectivity index (χ1n) is 10.2. The number of amides is 1. The molecule has 1 atom stereocenters. The molecule has 3 rings (SSSR count). The van der Waals surface area contributed by atoms with Gasteiger partial charge in [0.05, 0.1) is 18.7 Å². The number of methoxy groups -OCH3 is 1. The molecular formula is C24H24ClNO6. The highest BCUT2D eigenvalue weighted by molar-refractivity contribution is 6.46. The number of aliphatic hydroxyl groups excluding tert-OH is 1. The Morgan fingerprint density at radius 3 is 2.44 bits per heavy atom. The van der Waals surface area contributed by atoms with E-state index in [1.165, 1.54) is 12.0 Å². The van der Waals surface area contributed by atoms with E-state index in [4.69, 9.17) is 21.4 Å². The number of benzene rings is 2. The zero-order chi connectivity index (χ0) is 23.3. The van der Waals surface area contributed by atoms with Crippen molar-refractivity contribution in [2.24, 2.45) is 0 Å². The third-order valence-electron chi connectivity index (χ3n) is 5.36. The van der Waals surface area contributed by atoms with Crippen LogP contribution in [-0.2, 0) is 14.4 Å². The second kappa shape index (κ2) is 10.3. The molecule has 0 aromatic heterocycles. The highest BCUT2D eigenvalue weighted by Gasteiger charge is 2.45. The summed E-state index contributed by atoms with van der Waals surface area (Å²) in [5.74, 6) is -2.06. The van der Waals surface area contributed by atoms with Crippen LogP contribution in [0.2, 0.25) is 5.02 Å². The summed E-state index contributed by atoms with van der Waals surface area (Å²) in [6.07, 6.45) is 1.65. The van der Waals surface area contributed by atoms with Crippen LogP contribution >= 0.6 is 11.6 Å². The summed E-state index contributed by atoms with van der Waals surface area (Å²) in [6, 6.07) is 12.6. The number of nitrogens with zero attached hydrogens (tertiary/aromatic N) is 1. The largest absolute Gasteiger partial charge is 0.507 e. The van der Waals surface area contributed by atoms with Gasteiger partial charge in [0.1, 0.15) is 11.5 Å². The Labute approximate surface area is 190 Å². The van der Waals surface area contributed by atoms with Crippen LogP contribution in [0.4, 0.5) is 0 Å². The highest BCUT2D eigenvalue weighted by atomic mass is 35.5. The van der Waals surface area contributed by atoms with Gasteiger partial charge in [-0.1, -0.05) is 30.2 Å². The van der Waals surface area contributed by atoms with Crippen molar-refractivity contribution in [1.29, 1.82) is 0 Å². The summed E-state index contributed by atoms with van der Waals surface area (Å²) in [6.45, 7) is 0.253. The summed E-state index contributed by atoms with van der Waals surface area (Å²) in [4.78, 5) is 38.0. The smallest absolute Gasteiger partial charge is 0.303 e. The fourth-order valence-corrected chi connectivity index (χ4v) is 3.89. The SMILES string of the molecule is COc1cccc(C2/C(=C(\O)c3ccc(Cl)cc3)C(=O)C(=O)N2CCCCCC(=O)O)c1. The van der Waals surface area contributed by atoms with Crippen molar-refractivity contribution in [3.63, 3.8) is 0 Å². The lowest BCUT2D eigenvalue weighted by molar-refractivity contribution is -0.140. The molecule has 32 heavy (non-hydrogen) atoms. The average molecular weight is 458 g/mol. The molecule has 0 radical (unpaired) electrons. The number of likely N-dealkylation sites (tertiary alicyclic amines) is 1. The minimum absolute atomic E-state index is 0.00360. The van der Waals surface area contributed by atoms with Gasteiger partial charge in [0, 0.05) is 23.6 Å². The molecule has 1 aliphatic rings. The van der Waals surface area contributed by atoms with Crippen LogP contribution in [-0.4, -0.2) is 46.4 Å². The average Bonchev–Trinajstić information content (AvgIpc) is 3.03. The van der Waals surface area contributed by atoms with Crippen molar-refractivity contribution in [2.75, 3.05) is 13.7 Å². The molecule has 2 N–H and O–H groups in total. The molecule has 7 nitrogen and oxygen atoms in total. The fraction of sp³-hybridized carbons (Fsp3) is 0.292. The number of hydrogen-bond donors (Lipinski definition) is 2. The number of carboxylic acid groups (broad SMARTS) is 1. The van der Waals surface area contributed by atoms with Crippen molar-refractivity contribution in [3.8, 4) is 5.75 Å². The molecule has 0 aliphatic carbocycles. The summed E-state index contributed by atoms with van der Waals surface area (Å²) in [5, 5.41) is 20.3. The van der Waals surface area contributed by atoms with E-state index in [0.29, 0.717) is 41.2 Å². The number of rotatable bonds is 9. The van der Waals surface area contributed by atoms with E-state index >= 15 is 0 Å². The lowest BCUT2D eigenvalue weighted by atomic mass is 9.95. The van der Waals surface area contributed by atoms with Crippen LogP contribution in [0.5, 0.6) is 5.75 Å². The van der Waals surface area contributed by atoms with Crippen molar-refractivity contribution >= 4 is 35.0 Å². The van der Waals surface area contributed by atoms with Gasteiger partial charge in [0.15, 0.2) is 0 Å². The first-order chi connectivity index (χ1) is 15.3. The molecule has 1 aliphatic heterocycles. The van der Waals surface area contributed by atoms with Crippen molar-refractivity contribution in [1.82, 2.24) is 4.90 Å². The van der Waals surface area contributed by atoms with Gasteiger partial charge in [-0.3, -0.25) is 14.4 Å². The van der Waals surface area contributed by atoms with Gasteiger partial charge in [-0.2, -0.15) is 0 Å². The van der Waals surface area contributed by atoms with Gasteiger partial charge in [-0.25, -0.2) is 0 Å². The number of Topliss-reactive ketones (excluding diaryl/α,β-unsaturated/α-hetero) is 1. The maximum absolute atomic E-state index is 13.0. The zero-order valence-electron chi connectivity index (χ0n) is 17.6. The topological polar surface area (TPSA) is 104 Å². The van der Waals surface area contributed by atoms with Crippen LogP contribution in [0, 0.1) is 0 Å².